The SMILES string of the molecule is Cc1cccc(C(=O)Nc2ccccc2C(=O)N(C)CC(C)C(=O)O)c1. The standard InChI is InChI=1S/C20H22N2O4/c1-13-7-6-8-15(11-13)18(23)21-17-10-5-4-9-16(17)19(24)22(3)12-14(2)20(25)26/h4-11,14H,12H2,1-3H3,(H,21,23)(H,25,26). The number of rotatable bonds is 6. The van der Waals surface area contributed by atoms with Crippen LogP contribution in [-0.4, -0.2) is 41.4 Å². The summed E-state index contributed by atoms with van der Waals surface area (Å²) in [6.45, 7) is 3.51. The zero-order chi connectivity index (χ0) is 19.3. The second kappa shape index (κ2) is 8.29. The number of hydrogen-bond donors (Lipinski definition) is 2. The molecule has 2 amide bonds. The number of carbonyl (C=O) groups excluding carboxylic acids is 2. The van der Waals surface area contributed by atoms with E-state index in [1.807, 2.05) is 13.0 Å². The molecular weight excluding hydrogens is 332 g/mol. The number of anilines is 1. The van der Waals surface area contributed by atoms with Crippen LogP contribution in [0.15, 0.2) is 48.5 Å². The summed E-state index contributed by atoms with van der Waals surface area (Å²) in [5.74, 6) is -2.31. The van der Waals surface area contributed by atoms with Gasteiger partial charge in [-0.2, -0.15) is 0 Å². The fraction of sp³-hybridized carbons (Fsp3) is 0.250. The lowest BCUT2D eigenvalue weighted by Crippen LogP contribution is -2.34. The molecule has 0 spiro atoms. The first-order valence-electron chi connectivity index (χ1n) is 8.25. The maximum absolute atomic E-state index is 12.7. The van der Waals surface area contributed by atoms with E-state index in [2.05, 4.69) is 5.32 Å². The number of amides is 2. The molecular formula is C20H22N2O4. The summed E-state index contributed by atoms with van der Waals surface area (Å²) in [5, 5.41) is 11.8. The number of nitrogens with one attached hydrogen (secondary N) is 1. The van der Waals surface area contributed by atoms with Crippen molar-refractivity contribution in [1.29, 1.82) is 0 Å². The average Bonchev–Trinajstić information content (AvgIpc) is 2.61. The van der Waals surface area contributed by atoms with Gasteiger partial charge < -0.3 is 15.3 Å². The van der Waals surface area contributed by atoms with Gasteiger partial charge in [0.15, 0.2) is 0 Å². The van der Waals surface area contributed by atoms with Crippen molar-refractivity contribution in [1.82, 2.24) is 4.90 Å². The summed E-state index contributed by atoms with van der Waals surface area (Å²) in [4.78, 5) is 37.5. The van der Waals surface area contributed by atoms with Crippen molar-refractivity contribution in [3.8, 4) is 0 Å². The first-order valence-corrected chi connectivity index (χ1v) is 8.25. The third kappa shape index (κ3) is 4.69. The first-order chi connectivity index (χ1) is 12.3. The fourth-order valence-electron chi connectivity index (χ4n) is 2.54. The Balaban J connectivity index is 2.20. The van der Waals surface area contributed by atoms with Gasteiger partial charge in [-0.3, -0.25) is 14.4 Å². The van der Waals surface area contributed by atoms with Crippen LogP contribution in [0.3, 0.4) is 0 Å². The number of hydrogen-bond acceptors (Lipinski definition) is 3. The Hall–Kier alpha value is -3.15. The summed E-state index contributed by atoms with van der Waals surface area (Å²) < 4.78 is 0. The third-order valence-corrected chi connectivity index (χ3v) is 4.00. The summed E-state index contributed by atoms with van der Waals surface area (Å²) in [6, 6.07) is 13.8. The van der Waals surface area contributed by atoms with Gasteiger partial charge in [-0.15, -0.1) is 0 Å². The van der Waals surface area contributed by atoms with E-state index < -0.39 is 11.9 Å². The van der Waals surface area contributed by atoms with Crippen LogP contribution in [0.1, 0.15) is 33.2 Å². The van der Waals surface area contributed by atoms with Crippen LogP contribution in [0.4, 0.5) is 5.69 Å². The van der Waals surface area contributed by atoms with E-state index in [4.69, 9.17) is 5.11 Å². The van der Waals surface area contributed by atoms with Crippen LogP contribution in [0.5, 0.6) is 0 Å². The van der Waals surface area contributed by atoms with Gasteiger partial charge >= 0.3 is 5.97 Å². The molecule has 0 aliphatic heterocycles. The van der Waals surface area contributed by atoms with Crippen LogP contribution in [0.25, 0.3) is 0 Å². The maximum atomic E-state index is 12.7. The van der Waals surface area contributed by atoms with Crippen LogP contribution in [0, 0.1) is 12.8 Å². The molecule has 136 valence electrons. The molecule has 0 bridgehead atoms. The smallest absolute Gasteiger partial charge is 0.308 e. The molecule has 2 aromatic carbocycles. The third-order valence-electron chi connectivity index (χ3n) is 4.00. The number of para-hydroxylation sites is 1. The molecule has 2 aromatic rings. The van der Waals surface area contributed by atoms with Gasteiger partial charge in [0, 0.05) is 19.2 Å². The summed E-state index contributed by atoms with van der Waals surface area (Å²) >= 11 is 0. The van der Waals surface area contributed by atoms with Gasteiger partial charge in [0.2, 0.25) is 0 Å². The van der Waals surface area contributed by atoms with Gasteiger partial charge in [0.25, 0.3) is 11.8 Å². The second-order valence-electron chi connectivity index (χ2n) is 6.29. The van der Waals surface area contributed by atoms with Crippen molar-refractivity contribution in [2.45, 2.75) is 13.8 Å². The minimum atomic E-state index is -0.967. The monoisotopic (exact) mass is 354 g/mol. The molecule has 6 nitrogen and oxygen atoms in total. The quantitative estimate of drug-likeness (QED) is 0.835. The normalized spacial score (nSPS) is 11.5. The highest BCUT2D eigenvalue weighted by atomic mass is 16.4. The molecule has 0 heterocycles. The van der Waals surface area contributed by atoms with Crippen LogP contribution in [-0.2, 0) is 4.79 Å². The fourth-order valence-corrected chi connectivity index (χ4v) is 2.54. The number of benzene rings is 2. The summed E-state index contributed by atoms with van der Waals surface area (Å²) in [5.41, 5.74) is 2.16. The van der Waals surface area contributed by atoms with Crippen molar-refractivity contribution in [3.05, 3.63) is 65.2 Å². The second-order valence-corrected chi connectivity index (χ2v) is 6.29. The molecule has 0 aromatic heterocycles. The van der Waals surface area contributed by atoms with E-state index in [1.54, 1.807) is 49.5 Å². The first kappa shape index (κ1) is 19.2. The van der Waals surface area contributed by atoms with Gasteiger partial charge in [-0.25, -0.2) is 0 Å². The molecule has 0 fully saturated rings. The highest BCUT2D eigenvalue weighted by molar-refractivity contribution is 6.09. The van der Waals surface area contributed by atoms with Crippen LogP contribution < -0.4 is 5.32 Å². The zero-order valence-electron chi connectivity index (χ0n) is 15.0. The largest absolute Gasteiger partial charge is 0.481 e. The molecule has 0 aliphatic carbocycles. The van der Waals surface area contributed by atoms with E-state index in [9.17, 15) is 14.4 Å². The van der Waals surface area contributed by atoms with Crippen molar-refractivity contribution < 1.29 is 19.5 Å². The molecule has 26 heavy (non-hydrogen) atoms. The van der Waals surface area contributed by atoms with Gasteiger partial charge in [-0.05, 0) is 31.2 Å². The van der Waals surface area contributed by atoms with Crippen molar-refractivity contribution in [2.24, 2.45) is 5.92 Å². The summed E-state index contributed by atoms with van der Waals surface area (Å²) in [6.07, 6.45) is 0. The number of aliphatic carboxylic acids is 1. The van der Waals surface area contributed by atoms with E-state index in [-0.39, 0.29) is 18.4 Å². The average molecular weight is 354 g/mol. The number of aryl methyl sites for hydroxylation is 1. The molecule has 0 radical (unpaired) electrons. The lowest BCUT2D eigenvalue weighted by atomic mass is 10.1. The van der Waals surface area contributed by atoms with Crippen molar-refractivity contribution in [2.75, 3.05) is 18.9 Å². The topological polar surface area (TPSA) is 86.7 Å². The molecule has 2 N–H and O–H groups in total. The molecule has 2 rings (SSSR count). The van der Waals surface area contributed by atoms with Gasteiger partial charge in [0.05, 0.1) is 17.2 Å². The van der Waals surface area contributed by atoms with Crippen molar-refractivity contribution in [3.63, 3.8) is 0 Å². The van der Waals surface area contributed by atoms with Crippen LogP contribution >= 0.6 is 0 Å². The maximum Gasteiger partial charge on any atom is 0.308 e. The summed E-state index contributed by atoms with van der Waals surface area (Å²) in [7, 11) is 1.54. The molecule has 0 aliphatic rings. The molecule has 1 unspecified atom stereocenters. The van der Waals surface area contributed by atoms with E-state index in [1.165, 1.54) is 11.8 Å². The van der Waals surface area contributed by atoms with Gasteiger partial charge in [0.1, 0.15) is 0 Å². The number of carboxylic acids is 1. The predicted molar refractivity (Wildman–Crippen MR) is 99.3 cm³/mol. The zero-order valence-corrected chi connectivity index (χ0v) is 15.0. The number of carboxylic acid groups (broad SMARTS) is 1. The van der Waals surface area contributed by atoms with Crippen LogP contribution in [0.2, 0.25) is 0 Å². The van der Waals surface area contributed by atoms with E-state index >= 15 is 0 Å². The lowest BCUT2D eigenvalue weighted by molar-refractivity contribution is -0.141. The number of carbonyl (C=O) groups is 3. The highest BCUT2D eigenvalue weighted by Crippen LogP contribution is 2.19. The van der Waals surface area contributed by atoms with E-state index in [0.29, 0.717) is 16.8 Å². The molecule has 0 saturated heterocycles. The Kier molecular flexibility index (Phi) is 6.11. The molecule has 6 heteroatoms. The lowest BCUT2D eigenvalue weighted by Gasteiger charge is -2.21. The Morgan fingerprint density at radius 3 is 2.46 bits per heavy atom. The van der Waals surface area contributed by atoms with E-state index in [0.717, 1.165) is 5.56 Å². The minimum absolute atomic E-state index is 0.0777. The Morgan fingerprint density at radius 2 is 1.81 bits per heavy atom. The van der Waals surface area contributed by atoms with Crippen molar-refractivity contribution >= 4 is 23.5 Å². The van der Waals surface area contributed by atoms with Gasteiger partial charge in [-0.1, -0.05) is 36.8 Å². The molecule has 1 atom stereocenters. The predicted octanol–water partition coefficient (Wildman–Crippen LogP) is 3.04. The highest BCUT2D eigenvalue weighted by Gasteiger charge is 2.21. The Labute approximate surface area is 152 Å². The number of nitrogens with zero attached hydrogens (tertiary/aromatic N) is 1. The Bertz CT molecular complexity index is 832. The molecule has 0 saturated carbocycles. The minimum Gasteiger partial charge on any atom is -0.481 e. The Morgan fingerprint density at radius 1 is 1.12 bits per heavy atom.